The molecular formula is C16H23ClN2O. The van der Waals surface area contributed by atoms with Crippen molar-refractivity contribution >= 4 is 23.2 Å². The van der Waals surface area contributed by atoms with Gasteiger partial charge in [0.05, 0.1) is 6.04 Å². The first-order valence-corrected chi connectivity index (χ1v) is 7.76. The Morgan fingerprint density at radius 2 is 1.90 bits per heavy atom. The van der Waals surface area contributed by atoms with Crippen molar-refractivity contribution in [3.63, 3.8) is 0 Å². The Hall–Kier alpha value is -1.06. The number of halogens is 1. The van der Waals surface area contributed by atoms with E-state index in [1.165, 1.54) is 25.7 Å². The number of carbonyl (C=O) groups excluding carboxylic acids is 1. The van der Waals surface area contributed by atoms with Crippen LogP contribution in [-0.4, -0.2) is 18.0 Å². The Kier molecular flexibility index (Phi) is 5.44. The third-order valence-electron chi connectivity index (χ3n) is 4.08. The molecule has 1 aliphatic carbocycles. The van der Waals surface area contributed by atoms with Crippen molar-refractivity contribution in [1.29, 1.82) is 0 Å². The van der Waals surface area contributed by atoms with Crippen molar-refractivity contribution in [1.82, 2.24) is 5.32 Å². The fourth-order valence-corrected chi connectivity index (χ4v) is 2.87. The number of anilines is 1. The van der Waals surface area contributed by atoms with Gasteiger partial charge in [0.1, 0.15) is 0 Å². The molecule has 0 heterocycles. The van der Waals surface area contributed by atoms with E-state index in [1.807, 2.05) is 19.1 Å². The minimum atomic E-state index is -0.184. The second-order valence-electron chi connectivity index (χ2n) is 5.75. The van der Waals surface area contributed by atoms with E-state index >= 15 is 0 Å². The Balaban J connectivity index is 1.86. The van der Waals surface area contributed by atoms with Crippen LogP contribution >= 0.6 is 11.6 Å². The largest absolute Gasteiger partial charge is 0.325 e. The summed E-state index contributed by atoms with van der Waals surface area (Å²) in [5.74, 6) is 0.652. The molecule has 1 amide bonds. The highest BCUT2D eigenvalue weighted by Gasteiger charge is 2.24. The van der Waals surface area contributed by atoms with Crippen LogP contribution in [0.5, 0.6) is 0 Å². The van der Waals surface area contributed by atoms with Crippen LogP contribution in [0, 0.1) is 5.92 Å². The number of carbonyl (C=O) groups is 1. The van der Waals surface area contributed by atoms with Gasteiger partial charge in [0.25, 0.3) is 0 Å². The van der Waals surface area contributed by atoms with Gasteiger partial charge in [-0.2, -0.15) is 0 Å². The Bertz CT molecular complexity index is 446. The molecule has 1 aliphatic rings. The molecule has 2 N–H and O–H groups in total. The minimum Gasteiger partial charge on any atom is -0.325 e. The maximum Gasteiger partial charge on any atom is 0.241 e. The molecule has 3 atom stereocenters. The van der Waals surface area contributed by atoms with Gasteiger partial charge in [0, 0.05) is 16.8 Å². The molecule has 0 radical (unpaired) electrons. The lowest BCUT2D eigenvalue weighted by Crippen LogP contribution is -2.47. The van der Waals surface area contributed by atoms with Crippen molar-refractivity contribution in [2.75, 3.05) is 5.32 Å². The number of amides is 1. The lowest BCUT2D eigenvalue weighted by molar-refractivity contribution is -0.118. The molecule has 0 bridgehead atoms. The van der Waals surface area contributed by atoms with Crippen molar-refractivity contribution in [3.8, 4) is 0 Å². The first-order chi connectivity index (χ1) is 9.56. The molecule has 1 aromatic rings. The lowest BCUT2D eigenvalue weighted by atomic mass is 9.85. The van der Waals surface area contributed by atoms with Crippen LogP contribution in [-0.2, 0) is 4.79 Å². The first kappa shape index (κ1) is 15.3. The third kappa shape index (κ3) is 4.22. The minimum absolute atomic E-state index is 0.00472. The topological polar surface area (TPSA) is 41.1 Å². The van der Waals surface area contributed by atoms with Crippen molar-refractivity contribution < 1.29 is 4.79 Å². The maximum absolute atomic E-state index is 12.2. The number of rotatable bonds is 4. The zero-order chi connectivity index (χ0) is 14.5. The van der Waals surface area contributed by atoms with Gasteiger partial charge in [-0.25, -0.2) is 0 Å². The van der Waals surface area contributed by atoms with E-state index in [2.05, 4.69) is 17.6 Å². The highest BCUT2D eigenvalue weighted by molar-refractivity contribution is 6.30. The number of hydrogen-bond acceptors (Lipinski definition) is 2. The second kappa shape index (κ2) is 7.09. The zero-order valence-electron chi connectivity index (χ0n) is 12.2. The van der Waals surface area contributed by atoms with Gasteiger partial charge in [-0.1, -0.05) is 31.4 Å². The van der Waals surface area contributed by atoms with Gasteiger partial charge >= 0.3 is 0 Å². The van der Waals surface area contributed by atoms with E-state index in [4.69, 9.17) is 11.6 Å². The lowest BCUT2D eigenvalue weighted by Gasteiger charge is -2.31. The molecule has 1 fully saturated rings. The van der Waals surface area contributed by atoms with Crippen LogP contribution in [0.2, 0.25) is 5.02 Å². The summed E-state index contributed by atoms with van der Waals surface area (Å²) in [6.45, 7) is 4.19. The molecule has 3 nitrogen and oxygen atoms in total. The van der Waals surface area contributed by atoms with Crippen LogP contribution in [0.1, 0.15) is 39.5 Å². The van der Waals surface area contributed by atoms with E-state index in [1.54, 1.807) is 12.1 Å². The second-order valence-corrected chi connectivity index (χ2v) is 6.19. The van der Waals surface area contributed by atoms with Gasteiger partial charge < -0.3 is 10.6 Å². The van der Waals surface area contributed by atoms with Gasteiger partial charge in [0.2, 0.25) is 5.91 Å². The molecule has 2 rings (SSSR count). The molecule has 20 heavy (non-hydrogen) atoms. The number of benzene rings is 1. The van der Waals surface area contributed by atoms with Crippen LogP contribution in [0.3, 0.4) is 0 Å². The maximum atomic E-state index is 12.2. The van der Waals surface area contributed by atoms with Gasteiger partial charge in [-0.15, -0.1) is 0 Å². The summed E-state index contributed by atoms with van der Waals surface area (Å²) < 4.78 is 0. The summed E-state index contributed by atoms with van der Waals surface area (Å²) in [7, 11) is 0. The number of hydrogen-bond donors (Lipinski definition) is 2. The van der Waals surface area contributed by atoms with Crippen LogP contribution in [0.4, 0.5) is 5.69 Å². The summed E-state index contributed by atoms with van der Waals surface area (Å²) in [6, 6.07) is 7.45. The summed E-state index contributed by atoms with van der Waals surface area (Å²) >= 11 is 5.83. The van der Waals surface area contributed by atoms with E-state index in [-0.39, 0.29) is 11.9 Å². The molecule has 0 aromatic heterocycles. The molecule has 1 saturated carbocycles. The summed E-state index contributed by atoms with van der Waals surface area (Å²) in [4.78, 5) is 12.2. The molecule has 110 valence electrons. The molecule has 1 aromatic carbocycles. The van der Waals surface area contributed by atoms with Gasteiger partial charge in [-0.3, -0.25) is 4.79 Å². The average Bonchev–Trinajstić information content (AvgIpc) is 2.44. The Morgan fingerprint density at radius 1 is 1.25 bits per heavy atom. The zero-order valence-corrected chi connectivity index (χ0v) is 12.9. The van der Waals surface area contributed by atoms with Crippen LogP contribution in [0.25, 0.3) is 0 Å². The predicted molar refractivity (Wildman–Crippen MR) is 84.1 cm³/mol. The van der Waals surface area contributed by atoms with Crippen LogP contribution in [0.15, 0.2) is 24.3 Å². The average molecular weight is 295 g/mol. The third-order valence-corrected chi connectivity index (χ3v) is 4.33. The van der Waals surface area contributed by atoms with Crippen molar-refractivity contribution in [2.45, 2.75) is 51.6 Å². The molecule has 0 saturated heterocycles. The standard InChI is InChI=1S/C16H23ClN2O/c1-11-5-3-4-6-15(11)18-12(2)16(20)19-14-9-7-13(17)8-10-14/h7-12,15,18H,3-6H2,1-2H3,(H,19,20). The Morgan fingerprint density at radius 3 is 2.55 bits per heavy atom. The normalized spacial score (nSPS) is 24.1. The molecule has 0 aliphatic heterocycles. The summed E-state index contributed by atoms with van der Waals surface area (Å²) in [5.41, 5.74) is 0.782. The smallest absolute Gasteiger partial charge is 0.241 e. The predicted octanol–water partition coefficient (Wildman–Crippen LogP) is 3.84. The molecule has 3 unspecified atom stereocenters. The number of nitrogens with one attached hydrogen (secondary N) is 2. The highest BCUT2D eigenvalue weighted by Crippen LogP contribution is 2.24. The van der Waals surface area contributed by atoms with Crippen molar-refractivity contribution in [3.05, 3.63) is 29.3 Å². The summed E-state index contributed by atoms with van der Waals surface area (Å²) in [5, 5.41) is 7.05. The van der Waals surface area contributed by atoms with E-state index in [0.717, 1.165) is 5.69 Å². The van der Waals surface area contributed by atoms with E-state index in [0.29, 0.717) is 17.0 Å². The Labute approximate surface area is 126 Å². The monoisotopic (exact) mass is 294 g/mol. The van der Waals surface area contributed by atoms with Gasteiger partial charge in [-0.05, 0) is 49.9 Å². The molecular weight excluding hydrogens is 272 g/mol. The highest BCUT2D eigenvalue weighted by atomic mass is 35.5. The SMILES string of the molecule is CC(NC1CCCCC1C)C(=O)Nc1ccc(Cl)cc1. The quantitative estimate of drug-likeness (QED) is 0.886. The van der Waals surface area contributed by atoms with Crippen LogP contribution < -0.4 is 10.6 Å². The first-order valence-electron chi connectivity index (χ1n) is 7.39. The van der Waals surface area contributed by atoms with E-state index < -0.39 is 0 Å². The fourth-order valence-electron chi connectivity index (χ4n) is 2.74. The summed E-state index contributed by atoms with van der Waals surface area (Å²) in [6.07, 6.45) is 4.99. The molecule has 4 heteroatoms. The van der Waals surface area contributed by atoms with E-state index in [9.17, 15) is 4.79 Å². The van der Waals surface area contributed by atoms with Gasteiger partial charge in [0.15, 0.2) is 0 Å². The van der Waals surface area contributed by atoms with Crippen molar-refractivity contribution in [2.24, 2.45) is 5.92 Å². The molecule has 0 spiro atoms. The fraction of sp³-hybridized carbons (Fsp3) is 0.562.